The van der Waals surface area contributed by atoms with Crippen LogP contribution in [0.2, 0.25) is 0 Å². The van der Waals surface area contributed by atoms with Gasteiger partial charge in [-0.2, -0.15) is 0 Å². The molecule has 1 aliphatic heterocycles. The molecule has 5 nitrogen and oxygen atoms in total. The molecule has 1 heterocycles. The molecule has 0 bridgehead atoms. The molecular weight excluding hydrogens is 270 g/mol. The van der Waals surface area contributed by atoms with Crippen molar-refractivity contribution in [2.24, 2.45) is 0 Å². The van der Waals surface area contributed by atoms with Crippen LogP contribution in [0.25, 0.3) is 0 Å². The molecule has 21 heavy (non-hydrogen) atoms. The maximum atomic E-state index is 12.1. The zero-order valence-electron chi connectivity index (χ0n) is 12.2. The molecule has 0 saturated carbocycles. The first-order chi connectivity index (χ1) is 9.90. The molecule has 2 rings (SSSR count). The number of nitrogens with zero attached hydrogens (tertiary/aromatic N) is 1. The fourth-order valence-electron chi connectivity index (χ4n) is 2.39. The van der Waals surface area contributed by atoms with Gasteiger partial charge < -0.3 is 15.1 Å². The van der Waals surface area contributed by atoms with Gasteiger partial charge in [-0.15, -0.1) is 0 Å². The minimum atomic E-state index is -1.19. The van der Waals surface area contributed by atoms with E-state index in [1.165, 1.54) is 11.8 Å². The Hall–Kier alpha value is -1.72. The number of rotatable bonds is 4. The molecule has 2 atom stereocenters. The number of hydrogen-bond donors (Lipinski definition) is 2. The fourth-order valence-corrected chi connectivity index (χ4v) is 2.39. The molecule has 1 aromatic rings. The van der Waals surface area contributed by atoms with E-state index in [1.54, 1.807) is 0 Å². The number of carbonyl (C=O) groups excluding carboxylic acids is 2. The summed E-state index contributed by atoms with van der Waals surface area (Å²) < 4.78 is 0. The number of aliphatic hydroxyl groups excluding tert-OH is 1. The lowest BCUT2D eigenvalue weighted by molar-refractivity contribution is -0.154. The van der Waals surface area contributed by atoms with Gasteiger partial charge in [-0.05, 0) is 25.3 Å². The van der Waals surface area contributed by atoms with Crippen LogP contribution in [0.15, 0.2) is 30.3 Å². The first-order valence-corrected chi connectivity index (χ1v) is 7.16. The number of carbonyl (C=O) groups is 2. The molecule has 2 N–H and O–H groups in total. The van der Waals surface area contributed by atoms with E-state index < -0.39 is 23.4 Å². The van der Waals surface area contributed by atoms with Crippen LogP contribution in [0.4, 0.5) is 0 Å². The Balaban J connectivity index is 1.87. The van der Waals surface area contributed by atoms with Gasteiger partial charge in [-0.3, -0.25) is 9.59 Å². The Morgan fingerprint density at radius 2 is 2.00 bits per heavy atom. The molecule has 1 amide bonds. The summed E-state index contributed by atoms with van der Waals surface area (Å²) in [6, 6.07) is 9.52. The average Bonchev–Trinajstić information content (AvgIpc) is 2.48. The summed E-state index contributed by atoms with van der Waals surface area (Å²) in [6.45, 7) is 1.83. The second kappa shape index (κ2) is 6.37. The second-order valence-electron chi connectivity index (χ2n) is 5.78. The van der Waals surface area contributed by atoms with E-state index in [0.717, 1.165) is 5.56 Å². The topological polar surface area (TPSA) is 77.8 Å². The predicted molar refractivity (Wildman–Crippen MR) is 77.6 cm³/mol. The molecule has 114 valence electrons. The van der Waals surface area contributed by atoms with Crippen molar-refractivity contribution in [1.82, 2.24) is 4.90 Å². The van der Waals surface area contributed by atoms with Gasteiger partial charge in [0.15, 0.2) is 0 Å². The van der Waals surface area contributed by atoms with Gasteiger partial charge in [-0.1, -0.05) is 30.3 Å². The maximum absolute atomic E-state index is 12.1. The summed E-state index contributed by atoms with van der Waals surface area (Å²) in [7, 11) is 0. The molecule has 1 aliphatic rings. The lowest BCUT2D eigenvalue weighted by Crippen LogP contribution is -2.56. The number of benzene rings is 1. The molecule has 1 aromatic carbocycles. The van der Waals surface area contributed by atoms with E-state index in [2.05, 4.69) is 0 Å². The molecule has 0 spiro atoms. The zero-order chi connectivity index (χ0) is 15.5. The minimum Gasteiger partial charge on any atom is -0.388 e. The first kappa shape index (κ1) is 15.7. The Morgan fingerprint density at radius 3 is 2.62 bits per heavy atom. The Kier molecular flexibility index (Phi) is 4.75. The molecule has 1 fully saturated rings. The standard InChI is InChI=1S/C16H21NO4/c1-16(21)9-10-17(11-14(16)19)15(20)13(18)8-7-12-5-3-2-4-6-12/h2-6,14,19,21H,7-11H2,1H3/t14-,16+/m0/s1. The van der Waals surface area contributed by atoms with Crippen molar-refractivity contribution in [2.45, 2.75) is 37.9 Å². The van der Waals surface area contributed by atoms with Gasteiger partial charge in [0.25, 0.3) is 5.91 Å². The third-order valence-electron chi connectivity index (χ3n) is 4.01. The number of Topliss-reactive ketones (excluding diaryl/α,β-unsaturated/α-hetero) is 1. The van der Waals surface area contributed by atoms with Crippen molar-refractivity contribution in [3.05, 3.63) is 35.9 Å². The second-order valence-corrected chi connectivity index (χ2v) is 5.78. The number of likely N-dealkylation sites (tertiary alicyclic amines) is 1. The van der Waals surface area contributed by atoms with Crippen molar-refractivity contribution < 1.29 is 19.8 Å². The monoisotopic (exact) mass is 291 g/mol. The van der Waals surface area contributed by atoms with Crippen molar-refractivity contribution in [1.29, 1.82) is 0 Å². The first-order valence-electron chi connectivity index (χ1n) is 7.16. The van der Waals surface area contributed by atoms with Crippen molar-refractivity contribution in [3.8, 4) is 0 Å². The number of amides is 1. The van der Waals surface area contributed by atoms with E-state index in [-0.39, 0.29) is 19.4 Å². The van der Waals surface area contributed by atoms with Crippen LogP contribution >= 0.6 is 0 Å². The van der Waals surface area contributed by atoms with Crippen molar-refractivity contribution >= 4 is 11.7 Å². The van der Waals surface area contributed by atoms with E-state index in [1.807, 2.05) is 30.3 Å². The molecule has 0 unspecified atom stereocenters. The summed E-state index contributed by atoms with van der Waals surface area (Å²) in [5.41, 5.74) is -0.176. The SMILES string of the molecule is C[C@@]1(O)CCN(C(=O)C(=O)CCc2ccccc2)C[C@@H]1O. The molecule has 1 saturated heterocycles. The van der Waals surface area contributed by atoms with E-state index in [0.29, 0.717) is 13.0 Å². The van der Waals surface area contributed by atoms with Crippen LogP contribution in [0.5, 0.6) is 0 Å². The highest BCUT2D eigenvalue weighted by molar-refractivity contribution is 6.36. The van der Waals surface area contributed by atoms with Gasteiger partial charge in [0.2, 0.25) is 5.78 Å². The van der Waals surface area contributed by atoms with Gasteiger partial charge in [0.1, 0.15) is 0 Å². The van der Waals surface area contributed by atoms with Gasteiger partial charge >= 0.3 is 0 Å². The summed E-state index contributed by atoms with van der Waals surface area (Å²) >= 11 is 0. The number of piperidine rings is 1. The number of hydrogen-bond acceptors (Lipinski definition) is 4. The van der Waals surface area contributed by atoms with Gasteiger partial charge in [-0.25, -0.2) is 0 Å². The van der Waals surface area contributed by atoms with Crippen LogP contribution in [0.1, 0.15) is 25.3 Å². The van der Waals surface area contributed by atoms with E-state index in [4.69, 9.17) is 0 Å². The zero-order valence-corrected chi connectivity index (χ0v) is 12.2. The fraction of sp³-hybridized carbons (Fsp3) is 0.500. The highest BCUT2D eigenvalue weighted by atomic mass is 16.3. The predicted octanol–water partition coefficient (Wildman–Crippen LogP) is 0.532. The van der Waals surface area contributed by atoms with Crippen LogP contribution in [0, 0.1) is 0 Å². The number of aliphatic hydroxyl groups is 2. The van der Waals surface area contributed by atoms with Crippen molar-refractivity contribution in [2.75, 3.05) is 13.1 Å². The normalized spacial score (nSPS) is 25.7. The summed E-state index contributed by atoms with van der Waals surface area (Å²) in [4.78, 5) is 25.3. The molecule has 0 radical (unpaired) electrons. The third kappa shape index (κ3) is 3.89. The maximum Gasteiger partial charge on any atom is 0.290 e. The smallest absolute Gasteiger partial charge is 0.290 e. The Labute approximate surface area is 124 Å². The highest BCUT2D eigenvalue weighted by Gasteiger charge is 2.38. The Morgan fingerprint density at radius 1 is 1.33 bits per heavy atom. The van der Waals surface area contributed by atoms with Crippen LogP contribution < -0.4 is 0 Å². The average molecular weight is 291 g/mol. The lowest BCUT2D eigenvalue weighted by atomic mass is 9.90. The lowest BCUT2D eigenvalue weighted by Gasteiger charge is -2.39. The largest absolute Gasteiger partial charge is 0.388 e. The summed E-state index contributed by atoms with van der Waals surface area (Å²) in [6.07, 6.45) is -0.0610. The van der Waals surface area contributed by atoms with Crippen LogP contribution in [0.3, 0.4) is 0 Å². The van der Waals surface area contributed by atoms with Gasteiger partial charge in [0.05, 0.1) is 11.7 Å². The summed E-state index contributed by atoms with van der Waals surface area (Å²) in [5.74, 6) is -1.02. The Bertz CT molecular complexity index is 512. The molecule has 0 aromatic heterocycles. The number of β-amino-alcohol motifs (C(OH)–C–C–N with tert-alkyl or cyclic N) is 1. The van der Waals surface area contributed by atoms with Crippen LogP contribution in [-0.2, 0) is 16.0 Å². The minimum absolute atomic E-state index is 0.00289. The molecule has 0 aliphatic carbocycles. The van der Waals surface area contributed by atoms with Crippen molar-refractivity contribution in [3.63, 3.8) is 0 Å². The molecule has 5 heteroatoms. The quantitative estimate of drug-likeness (QED) is 0.793. The van der Waals surface area contributed by atoms with E-state index in [9.17, 15) is 19.8 Å². The van der Waals surface area contributed by atoms with Gasteiger partial charge in [0, 0.05) is 19.5 Å². The number of ketones is 1. The third-order valence-corrected chi connectivity index (χ3v) is 4.01. The molecular formula is C16H21NO4. The van der Waals surface area contributed by atoms with E-state index >= 15 is 0 Å². The summed E-state index contributed by atoms with van der Waals surface area (Å²) in [5, 5.41) is 19.7. The van der Waals surface area contributed by atoms with Crippen LogP contribution in [-0.4, -0.2) is 51.6 Å². The highest BCUT2D eigenvalue weighted by Crippen LogP contribution is 2.22. The number of aryl methyl sites for hydroxylation is 1.